The van der Waals surface area contributed by atoms with Gasteiger partial charge >= 0.3 is 0 Å². The van der Waals surface area contributed by atoms with E-state index in [4.69, 9.17) is 4.74 Å². The summed E-state index contributed by atoms with van der Waals surface area (Å²) in [6.07, 6.45) is 1.71. The predicted molar refractivity (Wildman–Crippen MR) is 88.9 cm³/mol. The molecule has 5 nitrogen and oxygen atoms in total. The molecule has 0 atom stereocenters. The molecule has 1 aromatic heterocycles. The van der Waals surface area contributed by atoms with E-state index in [0.717, 1.165) is 16.6 Å². The molecule has 0 saturated carbocycles. The van der Waals surface area contributed by atoms with Crippen molar-refractivity contribution in [2.24, 2.45) is 0 Å². The van der Waals surface area contributed by atoms with Gasteiger partial charge in [0, 0.05) is 0 Å². The van der Waals surface area contributed by atoms with Crippen molar-refractivity contribution in [3.63, 3.8) is 0 Å². The van der Waals surface area contributed by atoms with Crippen LogP contribution in [-0.2, 0) is 0 Å². The smallest absolute Gasteiger partial charge is 0.161 e. The number of benzene rings is 2. The Hall–Kier alpha value is -3.26. The lowest BCUT2D eigenvalue weighted by atomic mass is 10.1. The van der Waals surface area contributed by atoms with E-state index in [2.05, 4.69) is 16.0 Å². The Morgan fingerprint density at radius 1 is 1.35 bits per heavy atom. The van der Waals surface area contributed by atoms with Crippen LogP contribution < -0.4 is 4.74 Å². The number of aromatic hydroxyl groups is 1. The molecule has 0 aliphatic carbocycles. The number of allylic oxidation sites excluding steroid dienone is 1. The molecule has 2 N–H and O–H groups in total. The first-order valence-electron chi connectivity index (χ1n) is 7.24. The molecular formula is C18H15N3O2. The summed E-state index contributed by atoms with van der Waals surface area (Å²) < 4.78 is 5.36. The van der Waals surface area contributed by atoms with Crippen LogP contribution in [0.1, 0.15) is 18.3 Å². The molecule has 0 amide bonds. The van der Waals surface area contributed by atoms with Gasteiger partial charge in [-0.25, -0.2) is 4.98 Å². The minimum absolute atomic E-state index is 0.0752. The Bertz CT molecular complexity index is 886. The largest absolute Gasteiger partial charge is 0.504 e. The summed E-state index contributed by atoms with van der Waals surface area (Å²) in [5.74, 6) is 0.981. The Labute approximate surface area is 133 Å². The van der Waals surface area contributed by atoms with Crippen LogP contribution >= 0.6 is 0 Å². The Morgan fingerprint density at radius 3 is 2.91 bits per heavy atom. The highest BCUT2D eigenvalue weighted by molar-refractivity contribution is 5.90. The van der Waals surface area contributed by atoms with Crippen molar-refractivity contribution >= 4 is 22.7 Å². The number of para-hydroxylation sites is 2. The number of hydrogen-bond acceptors (Lipinski definition) is 4. The van der Waals surface area contributed by atoms with Crippen molar-refractivity contribution < 1.29 is 9.84 Å². The first-order valence-corrected chi connectivity index (χ1v) is 7.24. The SMILES string of the molecule is CCOc1cc(/C=C(\C#N)c2nc3ccccc3[nH]2)ccc1O. The highest BCUT2D eigenvalue weighted by Gasteiger charge is 2.09. The Kier molecular flexibility index (Phi) is 3.98. The minimum Gasteiger partial charge on any atom is -0.504 e. The fourth-order valence-corrected chi connectivity index (χ4v) is 2.29. The van der Waals surface area contributed by atoms with Gasteiger partial charge < -0.3 is 14.8 Å². The molecule has 2 aromatic carbocycles. The van der Waals surface area contributed by atoms with Gasteiger partial charge in [0.1, 0.15) is 11.9 Å². The van der Waals surface area contributed by atoms with E-state index in [0.29, 0.717) is 23.8 Å². The molecule has 0 fully saturated rings. The summed E-state index contributed by atoms with van der Waals surface area (Å²) in [5.41, 5.74) is 2.85. The number of nitrogens with one attached hydrogen (secondary N) is 1. The van der Waals surface area contributed by atoms with Gasteiger partial charge in [0.15, 0.2) is 11.5 Å². The van der Waals surface area contributed by atoms with Crippen LogP contribution in [0.2, 0.25) is 0 Å². The van der Waals surface area contributed by atoms with Gasteiger partial charge in [-0.3, -0.25) is 0 Å². The van der Waals surface area contributed by atoms with Gasteiger partial charge in [-0.15, -0.1) is 0 Å². The minimum atomic E-state index is 0.0752. The third-order valence-electron chi connectivity index (χ3n) is 3.36. The number of rotatable bonds is 4. The monoisotopic (exact) mass is 305 g/mol. The van der Waals surface area contributed by atoms with Crippen molar-refractivity contribution in [3.8, 4) is 17.6 Å². The second-order valence-electron chi connectivity index (χ2n) is 4.93. The average Bonchev–Trinajstić information content (AvgIpc) is 2.99. The predicted octanol–water partition coefficient (Wildman–Crippen LogP) is 3.73. The number of phenols is 1. The van der Waals surface area contributed by atoms with E-state index in [1.54, 1.807) is 24.3 Å². The van der Waals surface area contributed by atoms with Crippen molar-refractivity contribution in [2.75, 3.05) is 6.61 Å². The zero-order valence-corrected chi connectivity index (χ0v) is 12.6. The molecule has 0 bridgehead atoms. The third kappa shape index (κ3) is 3.01. The zero-order chi connectivity index (χ0) is 16.2. The normalized spacial score (nSPS) is 11.4. The van der Waals surface area contributed by atoms with E-state index in [1.165, 1.54) is 0 Å². The van der Waals surface area contributed by atoms with E-state index in [1.807, 2.05) is 31.2 Å². The second-order valence-corrected chi connectivity index (χ2v) is 4.93. The average molecular weight is 305 g/mol. The maximum atomic E-state index is 9.74. The third-order valence-corrected chi connectivity index (χ3v) is 3.36. The van der Waals surface area contributed by atoms with Crippen LogP contribution in [0.4, 0.5) is 0 Å². The summed E-state index contributed by atoms with van der Waals surface area (Å²) in [5, 5.41) is 19.2. The maximum absolute atomic E-state index is 9.74. The number of H-pyrrole nitrogens is 1. The van der Waals surface area contributed by atoms with Gasteiger partial charge in [0.25, 0.3) is 0 Å². The number of phenolic OH excluding ortho intramolecular Hbond substituents is 1. The van der Waals surface area contributed by atoms with Crippen LogP contribution in [0, 0.1) is 11.3 Å². The van der Waals surface area contributed by atoms with Crippen LogP contribution in [0.25, 0.3) is 22.7 Å². The Morgan fingerprint density at radius 2 is 2.17 bits per heavy atom. The van der Waals surface area contributed by atoms with Gasteiger partial charge in [0.05, 0.1) is 23.2 Å². The van der Waals surface area contributed by atoms with E-state index in [-0.39, 0.29) is 5.75 Å². The summed E-state index contributed by atoms with van der Waals surface area (Å²) in [4.78, 5) is 7.56. The van der Waals surface area contributed by atoms with Crippen molar-refractivity contribution in [2.45, 2.75) is 6.92 Å². The van der Waals surface area contributed by atoms with Crippen molar-refractivity contribution in [3.05, 3.63) is 53.9 Å². The quantitative estimate of drug-likeness (QED) is 0.719. The molecule has 0 radical (unpaired) electrons. The van der Waals surface area contributed by atoms with Crippen LogP contribution in [0.5, 0.6) is 11.5 Å². The molecule has 3 rings (SSSR count). The fraction of sp³-hybridized carbons (Fsp3) is 0.111. The van der Waals surface area contributed by atoms with Crippen molar-refractivity contribution in [1.82, 2.24) is 9.97 Å². The van der Waals surface area contributed by atoms with E-state index in [9.17, 15) is 10.4 Å². The van der Waals surface area contributed by atoms with E-state index < -0.39 is 0 Å². The lowest BCUT2D eigenvalue weighted by molar-refractivity contribution is 0.318. The van der Waals surface area contributed by atoms with Crippen LogP contribution in [0.15, 0.2) is 42.5 Å². The zero-order valence-electron chi connectivity index (χ0n) is 12.6. The number of nitrogens with zero attached hydrogens (tertiary/aromatic N) is 2. The summed E-state index contributed by atoms with van der Waals surface area (Å²) >= 11 is 0. The molecule has 0 unspecified atom stereocenters. The first kappa shape index (κ1) is 14.7. The van der Waals surface area contributed by atoms with Crippen LogP contribution in [0.3, 0.4) is 0 Å². The second kappa shape index (κ2) is 6.24. The fourth-order valence-electron chi connectivity index (χ4n) is 2.29. The number of aromatic nitrogens is 2. The highest BCUT2D eigenvalue weighted by atomic mass is 16.5. The van der Waals surface area contributed by atoms with Crippen LogP contribution in [-0.4, -0.2) is 21.7 Å². The maximum Gasteiger partial charge on any atom is 0.161 e. The molecule has 0 aliphatic heterocycles. The van der Waals surface area contributed by atoms with Gasteiger partial charge in [0.2, 0.25) is 0 Å². The first-order chi connectivity index (χ1) is 11.2. The van der Waals surface area contributed by atoms with E-state index >= 15 is 0 Å². The molecule has 0 aliphatic rings. The molecular weight excluding hydrogens is 290 g/mol. The number of aromatic amines is 1. The number of fused-ring (bicyclic) bond motifs is 1. The molecule has 0 spiro atoms. The summed E-state index contributed by atoms with van der Waals surface area (Å²) in [6.45, 7) is 2.30. The molecule has 3 aromatic rings. The van der Waals surface area contributed by atoms with Crippen molar-refractivity contribution in [1.29, 1.82) is 5.26 Å². The highest BCUT2D eigenvalue weighted by Crippen LogP contribution is 2.28. The topological polar surface area (TPSA) is 81.9 Å². The summed E-state index contributed by atoms with van der Waals surface area (Å²) in [7, 11) is 0. The standard InChI is InChI=1S/C18H15N3O2/c1-2-23-17-10-12(7-8-16(17)22)9-13(11-19)18-20-14-5-3-4-6-15(14)21-18/h3-10,22H,2H2,1H3,(H,20,21)/b13-9+. The number of hydrogen-bond donors (Lipinski definition) is 2. The lowest BCUT2D eigenvalue weighted by Crippen LogP contribution is -1.92. The molecule has 5 heteroatoms. The lowest BCUT2D eigenvalue weighted by Gasteiger charge is -2.06. The number of imidazole rings is 1. The summed E-state index contributed by atoms with van der Waals surface area (Å²) in [6, 6.07) is 14.7. The number of ether oxygens (including phenoxy) is 1. The van der Waals surface area contributed by atoms with Gasteiger partial charge in [-0.1, -0.05) is 18.2 Å². The van der Waals surface area contributed by atoms with Gasteiger partial charge in [-0.05, 0) is 42.8 Å². The molecule has 0 saturated heterocycles. The Balaban J connectivity index is 2.02. The molecule has 1 heterocycles. The number of nitriles is 1. The van der Waals surface area contributed by atoms with Gasteiger partial charge in [-0.2, -0.15) is 5.26 Å². The molecule has 23 heavy (non-hydrogen) atoms. The molecule has 114 valence electrons.